The molecule has 5 aromatic rings. The minimum Gasteiger partial charge on any atom is -0.464 e. The monoisotopic (exact) mass is 536 g/mol. The highest BCUT2D eigenvalue weighted by Crippen LogP contribution is 2.37. The van der Waals surface area contributed by atoms with E-state index in [4.69, 9.17) is 21.3 Å². The Labute approximate surface area is 232 Å². The Hall–Kier alpha value is -4.33. The number of hydrogen-bond donors (Lipinski definition) is 1. The molecule has 204 valence electrons. The zero-order chi connectivity index (χ0) is 27.9. The summed E-state index contributed by atoms with van der Waals surface area (Å²) in [4.78, 5) is 20.3. The van der Waals surface area contributed by atoms with Gasteiger partial charge in [-0.15, -0.1) is 0 Å². The number of pyridine rings is 1. The summed E-state index contributed by atoms with van der Waals surface area (Å²) in [5, 5.41) is 15.6. The molecular formula is C30H32N8O2. The number of aryl methyl sites for hydroxylation is 1. The van der Waals surface area contributed by atoms with Gasteiger partial charge in [-0.25, -0.2) is 14.8 Å². The van der Waals surface area contributed by atoms with E-state index in [-0.39, 0.29) is 0 Å². The van der Waals surface area contributed by atoms with Crippen molar-refractivity contribution >= 4 is 22.4 Å². The van der Waals surface area contributed by atoms with Gasteiger partial charge < -0.3 is 14.7 Å². The first kappa shape index (κ1) is 25.9. The molecule has 1 aliphatic rings. The lowest BCUT2D eigenvalue weighted by molar-refractivity contribution is 0.0162. The molecule has 40 heavy (non-hydrogen) atoms. The molecule has 1 atom stereocenters. The fourth-order valence-corrected chi connectivity index (χ4v) is 5.58. The molecule has 5 heterocycles. The predicted molar refractivity (Wildman–Crippen MR) is 153 cm³/mol. The third kappa shape index (κ3) is 5.13. The number of benzene rings is 1. The fraction of sp³-hybridized carbons (Fsp3) is 0.367. The minimum absolute atomic E-state index is 0.328. The van der Waals surface area contributed by atoms with Crippen molar-refractivity contribution in [3.63, 3.8) is 0 Å². The van der Waals surface area contributed by atoms with Gasteiger partial charge in [-0.1, -0.05) is 24.3 Å². The van der Waals surface area contributed by atoms with Crippen LogP contribution in [-0.4, -0.2) is 71.0 Å². The van der Waals surface area contributed by atoms with E-state index in [1.165, 1.54) is 0 Å². The second-order valence-electron chi connectivity index (χ2n) is 11.2. The number of piperidine rings is 1. The highest BCUT2D eigenvalue weighted by Gasteiger charge is 2.26. The molecule has 0 unspecified atom stereocenters. The molecule has 10 nitrogen and oxygen atoms in total. The molecule has 6 rings (SSSR count). The first-order valence-corrected chi connectivity index (χ1v) is 13.5. The maximum Gasteiger partial charge on any atom is 0.302 e. The second kappa shape index (κ2) is 10.3. The summed E-state index contributed by atoms with van der Waals surface area (Å²) in [7, 11) is 1.87. The minimum atomic E-state index is -0.728. The third-order valence-corrected chi connectivity index (χ3v) is 7.31. The number of nitrogens with zero attached hydrogens (tertiary/aromatic N) is 8. The number of aliphatic hydroxyl groups is 1. The largest absolute Gasteiger partial charge is 0.464 e. The van der Waals surface area contributed by atoms with Crippen molar-refractivity contribution in [3.8, 4) is 28.4 Å². The SMILES string of the molecule is [C-]#[N+]c1ccc(-c2nc(OC[C@@H]3CCCN(CC(C)(C)O)C3)n3ccnc3c2-c2cnc3c(cnn3C)c2)cc1. The highest BCUT2D eigenvalue weighted by atomic mass is 16.5. The van der Waals surface area contributed by atoms with E-state index in [9.17, 15) is 5.11 Å². The van der Waals surface area contributed by atoms with Gasteiger partial charge in [0.1, 0.15) is 0 Å². The molecular weight excluding hydrogens is 504 g/mol. The Morgan fingerprint density at radius 3 is 2.73 bits per heavy atom. The average Bonchev–Trinajstić information content (AvgIpc) is 3.57. The fourth-order valence-electron chi connectivity index (χ4n) is 5.58. The van der Waals surface area contributed by atoms with E-state index in [1.807, 2.05) is 49.8 Å². The number of imidazole rings is 1. The van der Waals surface area contributed by atoms with Crippen molar-refractivity contribution in [2.24, 2.45) is 13.0 Å². The molecule has 1 aromatic carbocycles. The highest BCUT2D eigenvalue weighted by molar-refractivity contribution is 5.93. The van der Waals surface area contributed by atoms with Crippen molar-refractivity contribution in [3.05, 3.63) is 66.5 Å². The lowest BCUT2D eigenvalue weighted by atomic mass is 9.97. The molecule has 10 heteroatoms. The van der Waals surface area contributed by atoms with E-state index >= 15 is 0 Å². The average molecular weight is 537 g/mol. The van der Waals surface area contributed by atoms with Crippen LogP contribution < -0.4 is 4.74 Å². The molecule has 1 saturated heterocycles. The first-order chi connectivity index (χ1) is 19.3. The van der Waals surface area contributed by atoms with E-state index < -0.39 is 5.60 Å². The third-order valence-electron chi connectivity index (χ3n) is 7.31. The van der Waals surface area contributed by atoms with Crippen molar-refractivity contribution in [1.29, 1.82) is 0 Å². The van der Waals surface area contributed by atoms with E-state index in [1.54, 1.807) is 29.2 Å². The molecule has 0 amide bonds. The van der Waals surface area contributed by atoms with Gasteiger partial charge in [-0.05, 0) is 44.9 Å². The summed E-state index contributed by atoms with van der Waals surface area (Å²) in [6.45, 7) is 14.1. The van der Waals surface area contributed by atoms with Crippen LogP contribution in [-0.2, 0) is 7.05 Å². The zero-order valence-corrected chi connectivity index (χ0v) is 22.9. The van der Waals surface area contributed by atoms with Crippen LogP contribution in [0.3, 0.4) is 0 Å². The van der Waals surface area contributed by atoms with Gasteiger partial charge in [0.25, 0.3) is 0 Å². The van der Waals surface area contributed by atoms with Crippen molar-refractivity contribution in [2.45, 2.75) is 32.3 Å². The number of β-amino-alcohol motifs (C(OH)–C–C–N with tert-alkyl or cyclic N) is 1. The molecule has 0 radical (unpaired) electrons. The lowest BCUT2D eigenvalue weighted by Gasteiger charge is -2.35. The number of rotatable bonds is 7. The first-order valence-electron chi connectivity index (χ1n) is 13.5. The van der Waals surface area contributed by atoms with Crippen LogP contribution in [0, 0.1) is 12.5 Å². The second-order valence-corrected chi connectivity index (χ2v) is 11.2. The zero-order valence-electron chi connectivity index (χ0n) is 22.9. The number of ether oxygens (including phenoxy) is 1. The van der Waals surface area contributed by atoms with E-state index in [0.29, 0.717) is 42.1 Å². The van der Waals surface area contributed by atoms with Crippen LogP contribution in [0.4, 0.5) is 5.69 Å². The quantitative estimate of drug-likeness (QED) is 0.300. The predicted octanol–water partition coefficient (Wildman–Crippen LogP) is 4.76. The molecule has 0 bridgehead atoms. The van der Waals surface area contributed by atoms with Crippen LogP contribution in [0.15, 0.2) is 55.1 Å². The van der Waals surface area contributed by atoms with Gasteiger partial charge in [-0.2, -0.15) is 10.1 Å². The van der Waals surface area contributed by atoms with Crippen molar-refractivity contribution < 1.29 is 9.84 Å². The van der Waals surface area contributed by atoms with Gasteiger partial charge >= 0.3 is 6.01 Å². The van der Waals surface area contributed by atoms with Gasteiger partial charge in [0.15, 0.2) is 17.0 Å². The van der Waals surface area contributed by atoms with Crippen molar-refractivity contribution in [2.75, 3.05) is 26.2 Å². The molecule has 4 aromatic heterocycles. The Balaban J connectivity index is 1.40. The van der Waals surface area contributed by atoms with Gasteiger partial charge in [-0.3, -0.25) is 9.08 Å². The maximum atomic E-state index is 10.3. The summed E-state index contributed by atoms with van der Waals surface area (Å²) in [6.07, 6.45) is 9.38. The number of fused-ring (bicyclic) bond motifs is 2. The molecule has 1 N–H and O–H groups in total. The van der Waals surface area contributed by atoms with Crippen LogP contribution in [0.2, 0.25) is 0 Å². The Morgan fingerprint density at radius 1 is 1.12 bits per heavy atom. The maximum absolute atomic E-state index is 10.3. The Bertz CT molecular complexity index is 1710. The van der Waals surface area contributed by atoms with Gasteiger partial charge in [0.05, 0.1) is 36.2 Å². The summed E-state index contributed by atoms with van der Waals surface area (Å²) in [6, 6.07) is 9.94. The molecule has 1 fully saturated rings. The molecule has 0 saturated carbocycles. The normalized spacial score (nSPS) is 16.4. The molecule has 1 aliphatic heterocycles. The van der Waals surface area contributed by atoms with Crippen LogP contribution in [0.25, 0.3) is 43.9 Å². The smallest absolute Gasteiger partial charge is 0.302 e. The number of hydrogen-bond acceptors (Lipinski definition) is 7. The topological polar surface area (TPSA) is 98.0 Å². The standard InChI is InChI=1S/C30H32N8O2/c1-30(2,39)19-37-12-5-6-20(17-37)18-40-29-35-26(21-7-9-24(31-3)10-8-21)25(28-32-11-13-38(28)29)22-14-23-16-34-36(4)27(23)33-15-22/h7-11,13-16,20,39H,5-6,12,17-19H2,1-2,4H3/t20-/m1/s1. The van der Waals surface area contributed by atoms with Crippen LogP contribution >= 0.6 is 0 Å². The van der Waals surface area contributed by atoms with Crippen molar-refractivity contribution in [1.82, 2.24) is 34.0 Å². The van der Waals surface area contributed by atoms with Crippen LogP contribution in [0.1, 0.15) is 26.7 Å². The molecule has 0 spiro atoms. The lowest BCUT2D eigenvalue weighted by Crippen LogP contribution is -2.45. The summed E-state index contributed by atoms with van der Waals surface area (Å²) in [5.41, 5.74) is 4.62. The van der Waals surface area contributed by atoms with Gasteiger partial charge in [0.2, 0.25) is 0 Å². The van der Waals surface area contributed by atoms with Gasteiger partial charge in [0, 0.05) is 55.6 Å². The Morgan fingerprint density at radius 2 is 1.95 bits per heavy atom. The van der Waals surface area contributed by atoms with Crippen LogP contribution in [0.5, 0.6) is 6.01 Å². The Kier molecular flexibility index (Phi) is 6.70. The number of likely N-dealkylation sites (tertiary alicyclic amines) is 1. The summed E-state index contributed by atoms with van der Waals surface area (Å²) in [5.74, 6) is 0.328. The summed E-state index contributed by atoms with van der Waals surface area (Å²) < 4.78 is 10.0. The van der Waals surface area contributed by atoms with E-state index in [0.717, 1.165) is 53.7 Å². The molecule has 0 aliphatic carbocycles. The summed E-state index contributed by atoms with van der Waals surface area (Å²) >= 11 is 0. The van der Waals surface area contributed by atoms with E-state index in [2.05, 4.69) is 25.9 Å². The number of aromatic nitrogens is 6.